The van der Waals surface area contributed by atoms with Crippen LogP contribution in [0.15, 0.2) is 24.3 Å². The van der Waals surface area contributed by atoms with Crippen molar-refractivity contribution in [3.63, 3.8) is 0 Å². The summed E-state index contributed by atoms with van der Waals surface area (Å²) in [5.41, 5.74) is 1.32. The molecule has 0 unspecified atom stereocenters. The zero-order valence-electron chi connectivity index (χ0n) is 15.3. The first kappa shape index (κ1) is 18.3. The molecule has 1 fully saturated rings. The van der Waals surface area contributed by atoms with E-state index in [2.05, 4.69) is 20.8 Å². The number of rotatable bonds is 3. The van der Waals surface area contributed by atoms with Gasteiger partial charge in [0.15, 0.2) is 6.10 Å². The van der Waals surface area contributed by atoms with Gasteiger partial charge in [-0.2, -0.15) is 0 Å². The molecule has 2 rings (SSSR count). The van der Waals surface area contributed by atoms with Gasteiger partial charge in [0.2, 0.25) is 5.91 Å². The normalized spacial score (nSPS) is 16.7. The highest BCUT2D eigenvalue weighted by Gasteiger charge is 2.26. The molecular weight excluding hydrogens is 304 g/mol. The molecule has 1 atom stereocenters. The number of carbonyl (C=O) groups is 2. The lowest BCUT2D eigenvalue weighted by Crippen LogP contribution is -2.52. The Morgan fingerprint density at radius 1 is 1.00 bits per heavy atom. The summed E-state index contributed by atoms with van der Waals surface area (Å²) < 4.78 is 5.80. The van der Waals surface area contributed by atoms with E-state index in [1.165, 1.54) is 5.56 Å². The minimum absolute atomic E-state index is 0.0295. The molecule has 0 saturated carbocycles. The van der Waals surface area contributed by atoms with Gasteiger partial charge >= 0.3 is 0 Å². The van der Waals surface area contributed by atoms with Gasteiger partial charge in [-0.25, -0.2) is 0 Å². The Morgan fingerprint density at radius 3 is 1.96 bits per heavy atom. The number of benzene rings is 1. The fourth-order valence-electron chi connectivity index (χ4n) is 2.79. The number of nitrogens with zero attached hydrogens (tertiary/aromatic N) is 2. The molecule has 0 aliphatic carbocycles. The predicted octanol–water partition coefficient (Wildman–Crippen LogP) is 2.44. The van der Waals surface area contributed by atoms with Crippen molar-refractivity contribution in [3.8, 4) is 5.75 Å². The molecule has 1 aliphatic heterocycles. The molecule has 5 nitrogen and oxygen atoms in total. The minimum Gasteiger partial charge on any atom is -0.481 e. The average Bonchev–Trinajstić information content (AvgIpc) is 2.54. The molecule has 2 amide bonds. The van der Waals surface area contributed by atoms with E-state index in [0.717, 1.165) is 0 Å². The van der Waals surface area contributed by atoms with E-state index in [9.17, 15) is 9.59 Å². The molecular formula is C19H28N2O3. The van der Waals surface area contributed by atoms with Gasteiger partial charge in [-0.05, 0) is 30.0 Å². The van der Waals surface area contributed by atoms with Crippen LogP contribution in [-0.2, 0) is 15.0 Å². The van der Waals surface area contributed by atoms with Crippen molar-refractivity contribution >= 4 is 11.8 Å². The van der Waals surface area contributed by atoms with Crippen LogP contribution in [0.5, 0.6) is 5.75 Å². The Balaban J connectivity index is 1.91. The van der Waals surface area contributed by atoms with Crippen LogP contribution in [0.25, 0.3) is 0 Å². The third-order valence-corrected chi connectivity index (χ3v) is 4.42. The van der Waals surface area contributed by atoms with Crippen molar-refractivity contribution in [2.45, 2.75) is 46.1 Å². The van der Waals surface area contributed by atoms with Crippen molar-refractivity contribution in [2.24, 2.45) is 0 Å². The number of hydrogen-bond acceptors (Lipinski definition) is 3. The lowest BCUT2D eigenvalue weighted by Gasteiger charge is -2.35. The SMILES string of the molecule is CC(=O)N1CCN(C(=O)[C@H](C)Oc2ccc(C(C)(C)C)cc2)CC1. The van der Waals surface area contributed by atoms with Crippen LogP contribution < -0.4 is 4.74 Å². The molecule has 0 aromatic heterocycles. The van der Waals surface area contributed by atoms with Crippen LogP contribution in [0.1, 0.15) is 40.2 Å². The van der Waals surface area contributed by atoms with E-state index >= 15 is 0 Å². The summed E-state index contributed by atoms with van der Waals surface area (Å²) in [6, 6.07) is 7.91. The van der Waals surface area contributed by atoms with E-state index < -0.39 is 6.10 Å². The van der Waals surface area contributed by atoms with Gasteiger partial charge in [-0.1, -0.05) is 32.9 Å². The zero-order chi connectivity index (χ0) is 17.9. The number of ether oxygens (including phenoxy) is 1. The predicted molar refractivity (Wildman–Crippen MR) is 94.1 cm³/mol. The Labute approximate surface area is 144 Å². The second-order valence-electron chi connectivity index (χ2n) is 7.37. The van der Waals surface area contributed by atoms with Gasteiger partial charge in [-0.3, -0.25) is 9.59 Å². The zero-order valence-corrected chi connectivity index (χ0v) is 15.3. The monoisotopic (exact) mass is 332 g/mol. The van der Waals surface area contributed by atoms with Crippen LogP contribution >= 0.6 is 0 Å². The molecule has 1 aromatic rings. The standard InChI is InChI=1S/C19H28N2O3/c1-14(18(23)21-12-10-20(11-13-21)15(2)22)24-17-8-6-16(7-9-17)19(3,4)5/h6-9,14H,10-13H2,1-5H3/t14-/m0/s1. The molecule has 5 heteroatoms. The van der Waals surface area contributed by atoms with Crippen LogP contribution in [-0.4, -0.2) is 53.9 Å². The molecule has 1 aliphatic rings. The van der Waals surface area contributed by atoms with Crippen LogP contribution in [0.3, 0.4) is 0 Å². The van der Waals surface area contributed by atoms with Gasteiger partial charge in [0.1, 0.15) is 5.75 Å². The van der Waals surface area contributed by atoms with Crippen LogP contribution in [0.4, 0.5) is 0 Å². The summed E-state index contributed by atoms with van der Waals surface area (Å²) in [4.78, 5) is 27.4. The minimum atomic E-state index is -0.533. The molecule has 1 aromatic carbocycles. The highest BCUT2D eigenvalue weighted by Crippen LogP contribution is 2.24. The Kier molecular flexibility index (Phi) is 5.52. The second kappa shape index (κ2) is 7.24. The highest BCUT2D eigenvalue weighted by molar-refractivity contribution is 5.81. The number of carbonyl (C=O) groups excluding carboxylic acids is 2. The van der Waals surface area contributed by atoms with Crippen molar-refractivity contribution < 1.29 is 14.3 Å². The third kappa shape index (κ3) is 4.49. The number of piperazine rings is 1. The van der Waals surface area contributed by atoms with Crippen molar-refractivity contribution in [1.29, 1.82) is 0 Å². The first-order valence-electron chi connectivity index (χ1n) is 8.50. The van der Waals surface area contributed by atoms with Gasteiger partial charge in [-0.15, -0.1) is 0 Å². The summed E-state index contributed by atoms with van der Waals surface area (Å²) in [5, 5.41) is 0. The smallest absolute Gasteiger partial charge is 0.263 e. The summed E-state index contributed by atoms with van der Waals surface area (Å²) in [5.74, 6) is 0.731. The van der Waals surface area contributed by atoms with Gasteiger partial charge < -0.3 is 14.5 Å². The van der Waals surface area contributed by atoms with Crippen molar-refractivity contribution in [2.75, 3.05) is 26.2 Å². The summed E-state index contributed by atoms with van der Waals surface area (Å²) in [6.07, 6.45) is -0.533. The third-order valence-electron chi connectivity index (χ3n) is 4.42. The van der Waals surface area contributed by atoms with E-state index in [4.69, 9.17) is 4.74 Å². The van der Waals surface area contributed by atoms with E-state index in [0.29, 0.717) is 31.9 Å². The van der Waals surface area contributed by atoms with Crippen molar-refractivity contribution in [1.82, 2.24) is 9.80 Å². The number of hydrogen-bond donors (Lipinski definition) is 0. The van der Waals surface area contributed by atoms with Gasteiger partial charge in [0, 0.05) is 33.1 Å². The number of amides is 2. The first-order valence-corrected chi connectivity index (χ1v) is 8.50. The summed E-state index contributed by atoms with van der Waals surface area (Å²) in [7, 11) is 0. The maximum absolute atomic E-state index is 12.5. The lowest BCUT2D eigenvalue weighted by molar-refractivity contribution is -0.143. The molecule has 0 spiro atoms. The molecule has 0 N–H and O–H groups in total. The molecule has 0 bridgehead atoms. The first-order chi connectivity index (χ1) is 11.2. The van der Waals surface area contributed by atoms with Crippen molar-refractivity contribution in [3.05, 3.63) is 29.8 Å². The Bertz CT molecular complexity index is 582. The molecule has 1 saturated heterocycles. The fraction of sp³-hybridized carbons (Fsp3) is 0.579. The summed E-state index contributed by atoms with van der Waals surface area (Å²) >= 11 is 0. The van der Waals surface area contributed by atoms with Crippen LogP contribution in [0, 0.1) is 0 Å². The fourth-order valence-corrected chi connectivity index (χ4v) is 2.79. The van der Waals surface area contributed by atoms with E-state index in [1.807, 2.05) is 24.3 Å². The van der Waals surface area contributed by atoms with E-state index in [-0.39, 0.29) is 17.2 Å². The van der Waals surface area contributed by atoms with Crippen LogP contribution in [0.2, 0.25) is 0 Å². The lowest BCUT2D eigenvalue weighted by atomic mass is 9.87. The topological polar surface area (TPSA) is 49.9 Å². The van der Waals surface area contributed by atoms with Gasteiger partial charge in [0.25, 0.3) is 5.91 Å². The Hall–Kier alpha value is -2.04. The summed E-state index contributed by atoms with van der Waals surface area (Å²) in [6.45, 7) is 12.1. The highest BCUT2D eigenvalue weighted by atomic mass is 16.5. The molecule has 132 valence electrons. The van der Waals surface area contributed by atoms with Gasteiger partial charge in [0.05, 0.1) is 0 Å². The average molecular weight is 332 g/mol. The second-order valence-corrected chi connectivity index (χ2v) is 7.37. The maximum Gasteiger partial charge on any atom is 0.263 e. The molecule has 24 heavy (non-hydrogen) atoms. The molecule has 0 radical (unpaired) electrons. The Morgan fingerprint density at radius 2 is 1.50 bits per heavy atom. The van der Waals surface area contributed by atoms with E-state index in [1.54, 1.807) is 23.6 Å². The quantitative estimate of drug-likeness (QED) is 0.854. The maximum atomic E-state index is 12.5. The molecule has 1 heterocycles. The largest absolute Gasteiger partial charge is 0.481 e.